The fourth-order valence-corrected chi connectivity index (χ4v) is 4.30. The summed E-state index contributed by atoms with van der Waals surface area (Å²) in [6.45, 7) is 0. The summed E-state index contributed by atoms with van der Waals surface area (Å²) in [5, 5.41) is 0. The van der Waals surface area contributed by atoms with Crippen molar-refractivity contribution in [3.63, 3.8) is 0 Å². The summed E-state index contributed by atoms with van der Waals surface area (Å²) in [6, 6.07) is 25.8. The average Bonchev–Trinajstić information content (AvgIpc) is 3.45. The lowest BCUT2D eigenvalue weighted by molar-refractivity contribution is 0.103. The van der Waals surface area contributed by atoms with Crippen molar-refractivity contribution in [2.75, 3.05) is 11.5 Å². The van der Waals surface area contributed by atoms with Crippen LogP contribution in [0.15, 0.2) is 93.8 Å². The van der Waals surface area contributed by atoms with Gasteiger partial charge in [0.15, 0.2) is 28.7 Å². The SMILES string of the molecule is Nc1cccc(Cc2nc3ccc(C(=O)c4ccc5nc(Cc6cccc(N)c6)oc5c4)cc3o2)c1. The van der Waals surface area contributed by atoms with Crippen LogP contribution in [0.1, 0.15) is 38.8 Å². The molecular weight excluding hydrogens is 452 g/mol. The minimum Gasteiger partial charge on any atom is -0.440 e. The Bertz CT molecular complexity index is 1620. The van der Waals surface area contributed by atoms with E-state index in [1.54, 1.807) is 36.4 Å². The molecule has 0 aliphatic rings. The lowest BCUT2D eigenvalue weighted by atomic mass is 10.0. The highest BCUT2D eigenvalue weighted by Gasteiger charge is 2.16. The van der Waals surface area contributed by atoms with E-state index in [0.29, 0.717) is 69.3 Å². The molecule has 0 saturated carbocycles. The van der Waals surface area contributed by atoms with Crippen LogP contribution in [-0.2, 0) is 12.8 Å². The van der Waals surface area contributed by atoms with Gasteiger partial charge < -0.3 is 20.3 Å². The zero-order chi connectivity index (χ0) is 24.6. The Balaban J connectivity index is 1.25. The van der Waals surface area contributed by atoms with Crippen LogP contribution >= 0.6 is 0 Å². The third-order valence-corrected chi connectivity index (χ3v) is 6.00. The maximum Gasteiger partial charge on any atom is 0.199 e. The number of ketones is 1. The van der Waals surface area contributed by atoms with E-state index in [-0.39, 0.29) is 5.78 Å². The first-order chi connectivity index (χ1) is 17.5. The van der Waals surface area contributed by atoms with E-state index in [0.717, 1.165) is 11.1 Å². The van der Waals surface area contributed by atoms with Crippen LogP contribution in [0, 0.1) is 0 Å². The molecule has 36 heavy (non-hydrogen) atoms. The fourth-order valence-electron chi connectivity index (χ4n) is 4.30. The molecule has 7 heteroatoms. The highest BCUT2D eigenvalue weighted by molar-refractivity contribution is 6.11. The number of nitrogens with two attached hydrogens (primary N) is 2. The second-order valence-electron chi connectivity index (χ2n) is 8.75. The van der Waals surface area contributed by atoms with Gasteiger partial charge in [0.05, 0.1) is 0 Å². The van der Waals surface area contributed by atoms with E-state index in [2.05, 4.69) is 9.97 Å². The highest BCUT2D eigenvalue weighted by atomic mass is 16.4. The molecule has 0 aliphatic heterocycles. The van der Waals surface area contributed by atoms with Crippen LogP contribution < -0.4 is 11.5 Å². The normalized spacial score (nSPS) is 11.3. The number of hydrogen-bond donors (Lipinski definition) is 2. The number of carbonyl (C=O) groups is 1. The standard InChI is InChI=1S/C29H22N4O3/c30-21-5-1-3-17(11-21)13-27-32-23-9-7-19(15-25(23)35-27)29(34)20-8-10-24-26(16-20)36-28(33-24)14-18-4-2-6-22(31)12-18/h1-12,15-16H,13-14,30-31H2. The van der Waals surface area contributed by atoms with Gasteiger partial charge in [-0.25, -0.2) is 9.97 Å². The van der Waals surface area contributed by atoms with Crippen LogP contribution in [0.5, 0.6) is 0 Å². The summed E-state index contributed by atoms with van der Waals surface area (Å²) in [4.78, 5) is 22.3. The molecule has 4 aromatic carbocycles. The van der Waals surface area contributed by atoms with Crippen LogP contribution in [0.4, 0.5) is 11.4 Å². The van der Waals surface area contributed by atoms with E-state index < -0.39 is 0 Å². The Kier molecular flexibility index (Phi) is 5.22. The van der Waals surface area contributed by atoms with Crippen LogP contribution in [0.3, 0.4) is 0 Å². The molecule has 0 bridgehead atoms. The van der Waals surface area contributed by atoms with Crippen LogP contribution in [0.25, 0.3) is 22.2 Å². The molecule has 7 nitrogen and oxygen atoms in total. The second kappa shape index (κ2) is 8.70. The summed E-state index contributed by atoms with van der Waals surface area (Å²) in [5.74, 6) is 0.994. The Morgan fingerprint density at radius 3 is 1.56 bits per heavy atom. The minimum absolute atomic E-state index is 0.138. The van der Waals surface area contributed by atoms with E-state index >= 15 is 0 Å². The Hall–Kier alpha value is -4.91. The van der Waals surface area contributed by atoms with Crippen molar-refractivity contribution < 1.29 is 13.6 Å². The smallest absolute Gasteiger partial charge is 0.199 e. The van der Waals surface area contributed by atoms with Crippen molar-refractivity contribution in [2.45, 2.75) is 12.8 Å². The minimum atomic E-state index is -0.138. The Morgan fingerprint density at radius 2 is 1.11 bits per heavy atom. The molecule has 4 N–H and O–H groups in total. The number of rotatable bonds is 6. The molecule has 0 atom stereocenters. The predicted molar refractivity (Wildman–Crippen MR) is 139 cm³/mol. The van der Waals surface area contributed by atoms with Crippen molar-refractivity contribution in [3.05, 3.63) is 119 Å². The molecule has 6 aromatic rings. The van der Waals surface area contributed by atoms with Gasteiger partial charge in [-0.3, -0.25) is 4.79 Å². The van der Waals surface area contributed by atoms with E-state index in [4.69, 9.17) is 20.3 Å². The summed E-state index contributed by atoms with van der Waals surface area (Å²) in [6.07, 6.45) is 1.03. The molecule has 6 rings (SSSR count). The van der Waals surface area contributed by atoms with Crippen LogP contribution in [-0.4, -0.2) is 15.8 Å². The van der Waals surface area contributed by atoms with Gasteiger partial charge in [-0.2, -0.15) is 0 Å². The van der Waals surface area contributed by atoms with Crippen molar-refractivity contribution in [1.29, 1.82) is 0 Å². The largest absolute Gasteiger partial charge is 0.440 e. The summed E-state index contributed by atoms with van der Waals surface area (Å²) >= 11 is 0. The van der Waals surface area contributed by atoms with E-state index in [9.17, 15) is 4.79 Å². The number of oxazole rings is 2. The van der Waals surface area contributed by atoms with Gasteiger partial charge in [-0.1, -0.05) is 24.3 Å². The van der Waals surface area contributed by atoms with E-state index in [1.807, 2.05) is 48.5 Å². The van der Waals surface area contributed by atoms with E-state index in [1.165, 1.54) is 0 Å². The molecule has 0 amide bonds. The number of aromatic nitrogens is 2. The van der Waals surface area contributed by atoms with Gasteiger partial charge in [-0.15, -0.1) is 0 Å². The predicted octanol–water partition coefficient (Wildman–Crippen LogP) is 5.55. The molecule has 2 heterocycles. The number of fused-ring (bicyclic) bond motifs is 2. The lowest BCUT2D eigenvalue weighted by Crippen LogP contribution is -2.00. The molecule has 0 radical (unpaired) electrons. The molecule has 0 spiro atoms. The highest BCUT2D eigenvalue weighted by Crippen LogP contribution is 2.24. The maximum atomic E-state index is 13.3. The molecule has 0 unspecified atom stereocenters. The molecule has 0 aliphatic carbocycles. The molecule has 0 fully saturated rings. The third kappa shape index (κ3) is 4.30. The van der Waals surface area contributed by atoms with Gasteiger partial charge in [0.1, 0.15) is 11.0 Å². The molecular formula is C29H22N4O3. The lowest BCUT2D eigenvalue weighted by Gasteiger charge is -2.01. The monoisotopic (exact) mass is 474 g/mol. The van der Waals surface area contributed by atoms with Crippen molar-refractivity contribution in [2.24, 2.45) is 0 Å². The Labute approximate surface area is 206 Å². The van der Waals surface area contributed by atoms with Crippen molar-refractivity contribution in [1.82, 2.24) is 9.97 Å². The van der Waals surface area contributed by atoms with Gasteiger partial charge >= 0.3 is 0 Å². The zero-order valence-electron chi connectivity index (χ0n) is 19.3. The van der Waals surface area contributed by atoms with Crippen LogP contribution in [0.2, 0.25) is 0 Å². The topological polar surface area (TPSA) is 121 Å². The zero-order valence-corrected chi connectivity index (χ0v) is 19.3. The molecule has 0 saturated heterocycles. The number of carbonyl (C=O) groups excluding carboxylic acids is 1. The van der Waals surface area contributed by atoms with Gasteiger partial charge in [0.25, 0.3) is 0 Å². The van der Waals surface area contributed by atoms with Gasteiger partial charge in [-0.05, 0) is 71.8 Å². The van der Waals surface area contributed by atoms with Gasteiger partial charge in [0.2, 0.25) is 0 Å². The summed E-state index contributed by atoms with van der Waals surface area (Å²) < 4.78 is 11.9. The third-order valence-electron chi connectivity index (χ3n) is 6.00. The van der Waals surface area contributed by atoms with Crippen molar-refractivity contribution >= 4 is 39.4 Å². The number of anilines is 2. The average molecular weight is 475 g/mol. The fraction of sp³-hybridized carbons (Fsp3) is 0.0690. The molecule has 2 aromatic heterocycles. The summed E-state index contributed by atoms with van der Waals surface area (Å²) in [7, 11) is 0. The maximum absolute atomic E-state index is 13.3. The number of benzene rings is 4. The first kappa shape index (κ1) is 21.6. The first-order valence-electron chi connectivity index (χ1n) is 11.5. The van der Waals surface area contributed by atoms with Crippen molar-refractivity contribution in [3.8, 4) is 0 Å². The Morgan fingerprint density at radius 1 is 0.639 bits per heavy atom. The number of nitrogen functional groups attached to an aromatic ring is 2. The first-order valence-corrected chi connectivity index (χ1v) is 11.5. The number of nitrogens with zero attached hydrogens (tertiary/aromatic N) is 2. The second-order valence-corrected chi connectivity index (χ2v) is 8.75. The number of hydrogen-bond acceptors (Lipinski definition) is 7. The summed E-state index contributed by atoms with van der Waals surface area (Å²) in [5.41, 5.74) is 18.7. The molecule has 176 valence electrons. The quantitative estimate of drug-likeness (QED) is 0.240. The van der Waals surface area contributed by atoms with Gasteiger partial charge in [0, 0.05) is 35.3 Å².